The minimum absolute atomic E-state index is 0.321. The van der Waals surface area contributed by atoms with Crippen molar-refractivity contribution in [2.24, 2.45) is 5.92 Å². The van der Waals surface area contributed by atoms with Crippen molar-refractivity contribution in [2.45, 2.75) is 12.3 Å². The van der Waals surface area contributed by atoms with Crippen LogP contribution in [-0.4, -0.2) is 4.98 Å². The van der Waals surface area contributed by atoms with Gasteiger partial charge >= 0.3 is 0 Å². The smallest absolute Gasteiger partial charge is 0.143 e. The first-order valence-corrected chi connectivity index (χ1v) is 6.99. The SMILES string of the molecule is N#CC(C#N)C(Cc1ccc2ccccc2n1)c1ccco1. The van der Waals surface area contributed by atoms with E-state index in [0.717, 1.165) is 16.6 Å². The Kier molecular flexibility index (Phi) is 3.85. The van der Waals surface area contributed by atoms with E-state index in [0.29, 0.717) is 12.2 Å². The highest BCUT2D eigenvalue weighted by atomic mass is 16.3. The van der Waals surface area contributed by atoms with E-state index in [2.05, 4.69) is 4.98 Å². The van der Waals surface area contributed by atoms with E-state index >= 15 is 0 Å². The van der Waals surface area contributed by atoms with Crippen LogP contribution in [0, 0.1) is 28.6 Å². The van der Waals surface area contributed by atoms with Crippen molar-refractivity contribution in [2.75, 3.05) is 0 Å². The number of nitrogens with zero attached hydrogens (tertiary/aromatic N) is 3. The maximum Gasteiger partial charge on any atom is 0.143 e. The van der Waals surface area contributed by atoms with Crippen LogP contribution < -0.4 is 0 Å². The van der Waals surface area contributed by atoms with Crippen molar-refractivity contribution in [3.8, 4) is 12.1 Å². The van der Waals surface area contributed by atoms with Crippen molar-refractivity contribution in [3.05, 3.63) is 66.2 Å². The van der Waals surface area contributed by atoms with Gasteiger partial charge in [0.05, 0.1) is 29.8 Å². The summed E-state index contributed by atoms with van der Waals surface area (Å²) in [6.45, 7) is 0. The largest absolute Gasteiger partial charge is 0.469 e. The molecule has 0 spiro atoms. The Morgan fingerprint density at radius 1 is 1.00 bits per heavy atom. The van der Waals surface area contributed by atoms with Crippen molar-refractivity contribution >= 4 is 10.9 Å². The lowest BCUT2D eigenvalue weighted by molar-refractivity contribution is 0.434. The van der Waals surface area contributed by atoms with E-state index in [1.165, 1.54) is 0 Å². The molecule has 2 aromatic heterocycles. The van der Waals surface area contributed by atoms with Crippen LogP contribution in [0.2, 0.25) is 0 Å². The van der Waals surface area contributed by atoms with E-state index in [4.69, 9.17) is 4.42 Å². The van der Waals surface area contributed by atoms with Gasteiger partial charge in [-0.2, -0.15) is 10.5 Å². The molecule has 0 aliphatic carbocycles. The third-order valence-electron chi connectivity index (χ3n) is 3.67. The molecule has 1 aromatic carbocycles. The van der Waals surface area contributed by atoms with Gasteiger partial charge in [0.25, 0.3) is 0 Å². The molecule has 0 saturated heterocycles. The number of fused-ring (bicyclic) bond motifs is 1. The Labute approximate surface area is 128 Å². The lowest BCUT2D eigenvalue weighted by atomic mass is 9.88. The molecule has 3 rings (SSSR count). The van der Waals surface area contributed by atoms with Gasteiger partial charge in [-0.05, 0) is 24.3 Å². The van der Waals surface area contributed by atoms with Crippen molar-refractivity contribution < 1.29 is 4.42 Å². The monoisotopic (exact) mass is 287 g/mol. The number of benzene rings is 1. The first-order valence-electron chi connectivity index (χ1n) is 6.99. The Hall–Kier alpha value is -3.11. The summed E-state index contributed by atoms with van der Waals surface area (Å²) < 4.78 is 5.41. The van der Waals surface area contributed by atoms with Crippen LogP contribution in [0.15, 0.2) is 59.2 Å². The van der Waals surface area contributed by atoms with Crippen LogP contribution in [-0.2, 0) is 6.42 Å². The summed E-state index contributed by atoms with van der Waals surface area (Å²) in [5.74, 6) is -0.443. The van der Waals surface area contributed by atoms with Crippen LogP contribution in [0.3, 0.4) is 0 Å². The van der Waals surface area contributed by atoms with E-state index in [1.807, 2.05) is 48.5 Å². The second-order valence-corrected chi connectivity index (χ2v) is 5.06. The molecule has 0 amide bonds. The molecule has 1 unspecified atom stereocenters. The number of furan rings is 1. The number of hydrogen-bond acceptors (Lipinski definition) is 4. The standard InChI is InChI=1S/C18H13N3O/c19-11-14(12-20)16(18-6-3-9-22-18)10-15-8-7-13-4-1-2-5-17(13)21-15/h1-9,14,16H,10H2. The van der Waals surface area contributed by atoms with Crippen molar-refractivity contribution in [1.82, 2.24) is 4.98 Å². The zero-order chi connectivity index (χ0) is 15.4. The summed E-state index contributed by atoms with van der Waals surface area (Å²) in [7, 11) is 0. The Bertz CT molecular complexity index is 842. The van der Waals surface area contributed by atoms with Gasteiger partial charge in [-0.1, -0.05) is 24.3 Å². The van der Waals surface area contributed by atoms with Gasteiger partial charge in [-0.3, -0.25) is 4.98 Å². The third kappa shape index (κ3) is 2.68. The molecule has 0 radical (unpaired) electrons. The molecule has 4 heteroatoms. The van der Waals surface area contributed by atoms with Gasteiger partial charge in [-0.25, -0.2) is 0 Å². The molecule has 2 heterocycles. The van der Waals surface area contributed by atoms with Gasteiger partial charge < -0.3 is 4.42 Å². The molecule has 22 heavy (non-hydrogen) atoms. The van der Waals surface area contributed by atoms with Gasteiger partial charge in [0.1, 0.15) is 11.7 Å². The quantitative estimate of drug-likeness (QED) is 0.731. The molecule has 4 nitrogen and oxygen atoms in total. The lowest BCUT2D eigenvalue weighted by Gasteiger charge is -2.14. The zero-order valence-corrected chi connectivity index (χ0v) is 11.8. The molecule has 3 aromatic rings. The fraction of sp³-hybridized carbons (Fsp3) is 0.167. The molecule has 106 valence electrons. The maximum atomic E-state index is 9.21. The van der Waals surface area contributed by atoms with Gasteiger partial charge in [0, 0.05) is 17.5 Å². The Balaban J connectivity index is 1.95. The number of para-hydroxylation sites is 1. The Morgan fingerprint density at radius 2 is 1.82 bits per heavy atom. The summed E-state index contributed by atoms with van der Waals surface area (Å²) in [6, 6.07) is 19.5. The first-order chi connectivity index (χ1) is 10.8. The lowest BCUT2D eigenvalue weighted by Crippen LogP contribution is -2.13. The maximum absolute atomic E-state index is 9.21. The number of nitriles is 2. The van der Waals surface area contributed by atoms with E-state index in [9.17, 15) is 10.5 Å². The zero-order valence-electron chi connectivity index (χ0n) is 11.8. The fourth-order valence-electron chi connectivity index (χ4n) is 2.54. The summed E-state index contributed by atoms with van der Waals surface area (Å²) >= 11 is 0. The molecule has 0 aliphatic heterocycles. The summed E-state index contributed by atoms with van der Waals surface area (Å²) in [4.78, 5) is 4.62. The number of aromatic nitrogens is 1. The summed E-state index contributed by atoms with van der Waals surface area (Å²) in [5.41, 5.74) is 1.75. The first kappa shape index (κ1) is 13.9. The van der Waals surface area contributed by atoms with Crippen LogP contribution >= 0.6 is 0 Å². The molecule has 0 N–H and O–H groups in total. The normalized spacial score (nSPS) is 12.0. The minimum atomic E-state index is -0.764. The molecule has 0 bridgehead atoms. The van der Waals surface area contributed by atoms with E-state index < -0.39 is 5.92 Å². The molecular formula is C18H13N3O. The molecule has 0 fully saturated rings. The van der Waals surface area contributed by atoms with Crippen molar-refractivity contribution in [3.63, 3.8) is 0 Å². The topological polar surface area (TPSA) is 73.6 Å². The van der Waals surface area contributed by atoms with Crippen LogP contribution in [0.5, 0.6) is 0 Å². The van der Waals surface area contributed by atoms with Gasteiger partial charge in [-0.15, -0.1) is 0 Å². The molecular weight excluding hydrogens is 274 g/mol. The minimum Gasteiger partial charge on any atom is -0.469 e. The second kappa shape index (κ2) is 6.11. The van der Waals surface area contributed by atoms with Gasteiger partial charge in [0.2, 0.25) is 0 Å². The molecule has 1 atom stereocenters. The fourth-order valence-corrected chi connectivity index (χ4v) is 2.54. The van der Waals surface area contributed by atoms with Crippen LogP contribution in [0.1, 0.15) is 17.4 Å². The number of rotatable bonds is 4. The third-order valence-corrected chi connectivity index (χ3v) is 3.67. The van der Waals surface area contributed by atoms with E-state index in [1.54, 1.807) is 18.4 Å². The van der Waals surface area contributed by atoms with Crippen LogP contribution in [0.4, 0.5) is 0 Å². The number of hydrogen-bond donors (Lipinski definition) is 0. The Morgan fingerprint density at radius 3 is 2.55 bits per heavy atom. The van der Waals surface area contributed by atoms with Crippen LogP contribution in [0.25, 0.3) is 10.9 Å². The predicted octanol–water partition coefficient (Wildman–Crippen LogP) is 3.82. The van der Waals surface area contributed by atoms with Crippen molar-refractivity contribution in [1.29, 1.82) is 10.5 Å². The second-order valence-electron chi connectivity index (χ2n) is 5.06. The average molecular weight is 287 g/mol. The summed E-state index contributed by atoms with van der Waals surface area (Å²) in [5, 5.41) is 19.5. The highest BCUT2D eigenvalue weighted by molar-refractivity contribution is 5.78. The number of pyridine rings is 1. The highest BCUT2D eigenvalue weighted by Crippen LogP contribution is 2.28. The summed E-state index contributed by atoms with van der Waals surface area (Å²) in [6.07, 6.45) is 2.05. The molecule has 0 aliphatic rings. The van der Waals surface area contributed by atoms with Gasteiger partial charge in [0.15, 0.2) is 0 Å². The highest BCUT2D eigenvalue weighted by Gasteiger charge is 2.26. The molecule has 0 saturated carbocycles. The predicted molar refractivity (Wildman–Crippen MR) is 81.6 cm³/mol. The van der Waals surface area contributed by atoms with E-state index in [-0.39, 0.29) is 5.92 Å². The average Bonchev–Trinajstić information content (AvgIpc) is 3.09.